The highest BCUT2D eigenvalue weighted by atomic mass is 35.5. The molecule has 2 amide bonds. The van der Waals surface area contributed by atoms with Crippen molar-refractivity contribution in [3.8, 4) is 5.75 Å². The van der Waals surface area contributed by atoms with E-state index >= 15 is 0 Å². The Balaban J connectivity index is 1.54. The Kier molecular flexibility index (Phi) is 8.13. The number of anilines is 1. The molecule has 10 heteroatoms. The highest BCUT2D eigenvalue weighted by Crippen LogP contribution is 2.21. The van der Waals surface area contributed by atoms with Crippen molar-refractivity contribution in [1.82, 2.24) is 20.1 Å². The predicted octanol–water partition coefficient (Wildman–Crippen LogP) is 4.09. The second kappa shape index (κ2) is 11.0. The molecule has 0 fully saturated rings. The number of ether oxygens (including phenoxy) is 1. The third-order valence-electron chi connectivity index (χ3n) is 4.47. The number of nitrogens with one attached hydrogen (secondary N) is 2. The van der Waals surface area contributed by atoms with Crippen molar-refractivity contribution in [3.63, 3.8) is 0 Å². The van der Waals surface area contributed by atoms with Crippen LogP contribution >= 0.6 is 23.4 Å². The molecule has 3 rings (SSSR count). The number of thioether (sulfide) groups is 1. The third-order valence-corrected chi connectivity index (χ3v) is 5.73. The number of carbonyl (C=O) groups is 2. The van der Waals surface area contributed by atoms with Gasteiger partial charge >= 0.3 is 0 Å². The molecule has 0 saturated carbocycles. The van der Waals surface area contributed by atoms with Crippen LogP contribution in [-0.4, -0.2) is 38.9 Å². The molecule has 0 aliphatic carbocycles. The zero-order chi connectivity index (χ0) is 23.1. The van der Waals surface area contributed by atoms with E-state index in [1.807, 2.05) is 13.8 Å². The smallest absolute Gasteiger partial charge is 0.251 e. The van der Waals surface area contributed by atoms with Crippen LogP contribution in [0.15, 0.2) is 53.7 Å². The lowest BCUT2D eigenvalue weighted by Gasteiger charge is -2.13. The third kappa shape index (κ3) is 6.24. The second-order valence-electron chi connectivity index (χ2n) is 6.90. The Morgan fingerprint density at radius 2 is 1.94 bits per heavy atom. The molecule has 2 N–H and O–H groups in total. The summed E-state index contributed by atoms with van der Waals surface area (Å²) in [4.78, 5) is 24.7. The summed E-state index contributed by atoms with van der Waals surface area (Å²) in [7, 11) is 1.80. The lowest BCUT2D eigenvalue weighted by Crippen LogP contribution is -2.28. The number of carbonyl (C=O) groups excluding carboxylic acids is 2. The minimum atomic E-state index is -0.383. The maximum absolute atomic E-state index is 12.5. The zero-order valence-electron chi connectivity index (χ0n) is 18.0. The van der Waals surface area contributed by atoms with Gasteiger partial charge in [0.05, 0.1) is 18.4 Å². The van der Waals surface area contributed by atoms with Gasteiger partial charge in [0.1, 0.15) is 5.75 Å². The van der Waals surface area contributed by atoms with Crippen LogP contribution in [0.25, 0.3) is 0 Å². The average Bonchev–Trinajstić information content (AvgIpc) is 3.14. The summed E-state index contributed by atoms with van der Waals surface area (Å²) in [6.07, 6.45) is 0. The molecule has 32 heavy (non-hydrogen) atoms. The first-order valence-corrected chi connectivity index (χ1v) is 11.3. The lowest BCUT2D eigenvalue weighted by molar-refractivity contribution is -0.113. The maximum atomic E-state index is 12.5. The number of hydrogen-bond acceptors (Lipinski definition) is 6. The molecule has 8 nitrogen and oxygen atoms in total. The average molecular weight is 474 g/mol. The van der Waals surface area contributed by atoms with Gasteiger partial charge in [0, 0.05) is 23.3 Å². The minimum Gasteiger partial charge on any atom is -0.494 e. The van der Waals surface area contributed by atoms with Crippen molar-refractivity contribution >= 4 is 40.9 Å². The highest BCUT2D eigenvalue weighted by Gasteiger charge is 2.19. The molecule has 0 aliphatic heterocycles. The molecule has 0 spiro atoms. The van der Waals surface area contributed by atoms with Crippen LogP contribution in [0, 0.1) is 0 Å². The zero-order valence-corrected chi connectivity index (χ0v) is 19.5. The summed E-state index contributed by atoms with van der Waals surface area (Å²) >= 11 is 7.22. The van der Waals surface area contributed by atoms with Crippen LogP contribution in [0.1, 0.15) is 36.1 Å². The van der Waals surface area contributed by atoms with Gasteiger partial charge in [-0.2, -0.15) is 0 Å². The first-order valence-electron chi connectivity index (χ1n) is 9.98. The first-order chi connectivity index (χ1) is 15.4. The van der Waals surface area contributed by atoms with Crippen molar-refractivity contribution in [1.29, 1.82) is 0 Å². The number of hydrogen-bond donors (Lipinski definition) is 2. The Bertz CT molecular complexity index is 1090. The molecule has 1 aromatic heterocycles. The molecule has 0 bridgehead atoms. The lowest BCUT2D eigenvalue weighted by atomic mass is 10.2. The van der Waals surface area contributed by atoms with Gasteiger partial charge in [0.15, 0.2) is 11.0 Å². The van der Waals surface area contributed by atoms with E-state index in [1.54, 1.807) is 60.1 Å². The topological polar surface area (TPSA) is 98.1 Å². The molecule has 2 aromatic carbocycles. The molecule has 3 aromatic rings. The van der Waals surface area contributed by atoms with Crippen LogP contribution in [0.5, 0.6) is 5.75 Å². The molecular formula is C22H24ClN5O3S. The minimum absolute atomic E-state index is 0.161. The highest BCUT2D eigenvalue weighted by molar-refractivity contribution is 7.99. The van der Waals surface area contributed by atoms with Gasteiger partial charge in [0.25, 0.3) is 5.91 Å². The predicted molar refractivity (Wildman–Crippen MR) is 125 cm³/mol. The molecule has 0 unspecified atom stereocenters. The van der Waals surface area contributed by atoms with E-state index in [2.05, 4.69) is 20.8 Å². The van der Waals surface area contributed by atoms with Crippen molar-refractivity contribution in [2.45, 2.75) is 25.0 Å². The Labute approximate surface area is 195 Å². The van der Waals surface area contributed by atoms with E-state index in [1.165, 1.54) is 11.8 Å². The van der Waals surface area contributed by atoms with Gasteiger partial charge in [-0.1, -0.05) is 29.4 Å². The Morgan fingerprint density at radius 1 is 1.19 bits per heavy atom. The number of benzene rings is 2. The quantitative estimate of drug-likeness (QED) is 0.454. The number of nitrogens with zero attached hydrogens (tertiary/aromatic N) is 3. The van der Waals surface area contributed by atoms with Crippen molar-refractivity contribution in [3.05, 3.63) is 64.9 Å². The van der Waals surface area contributed by atoms with Crippen molar-refractivity contribution in [2.24, 2.45) is 7.05 Å². The van der Waals surface area contributed by atoms with E-state index in [-0.39, 0.29) is 23.6 Å². The number of halogens is 1. The fourth-order valence-corrected chi connectivity index (χ4v) is 3.84. The fraction of sp³-hybridized carbons (Fsp3) is 0.273. The van der Waals surface area contributed by atoms with Gasteiger partial charge < -0.3 is 19.9 Å². The standard InChI is InChI=1S/C22H24ClN5O3S/c1-4-31-18-10-8-17(9-11-18)25-19(29)13-32-22-27-26-20(28(22)3)14(2)24-21(30)15-6-5-7-16(23)12-15/h5-12,14H,4,13H2,1-3H3,(H,24,30)(H,25,29)/t14-/m0/s1. The Hall–Kier alpha value is -3.04. The molecule has 0 radical (unpaired) electrons. The van der Waals surface area contributed by atoms with E-state index in [9.17, 15) is 9.59 Å². The summed E-state index contributed by atoms with van der Waals surface area (Å²) < 4.78 is 7.15. The van der Waals surface area contributed by atoms with Gasteiger partial charge in [-0.05, 0) is 56.3 Å². The number of amides is 2. The van der Waals surface area contributed by atoms with Crippen LogP contribution in [-0.2, 0) is 11.8 Å². The summed E-state index contributed by atoms with van der Waals surface area (Å²) in [6.45, 7) is 4.32. The molecule has 0 aliphatic rings. The summed E-state index contributed by atoms with van der Waals surface area (Å²) in [5.41, 5.74) is 1.15. The largest absolute Gasteiger partial charge is 0.494 e. The van der Waals surface area contributed by atoms with Crippen LogP contribution in [0.4, 0.5) is 5.69 Å². The van der Waals surface area contributed by atoms with Crippen LogP contribution in [0.2, 0.25) is 5.02 Å². The van der Waals surface area contributed by atoms with E-state index in [4.69, 9.17) is 16.3 Å². The van der Waals surface area contributed by atoms with Gasteiger partial charge in [-0.25, -0.2) is 0 Å². The van der Waals surface area contributed by atoms with E-state index < -0.39 is 0 Å². The van der Waals surface area contributed by atoms with Gasteiger partial charge in [-0.15, -0.1) is 10.2 Å². The van der Waals surface area contributed by atoms with Crippen LogP contribution in [0.3, 0.4) is 0 Å². The SMILES string of the molecule is CCOc1ccc(NC(=O)CSc2nnc([C@H](C)NC(=O)c3cccc(Cl)c3)n2C)cc1. The van der Waals surface area contributed by atoms with Gasteiger partial charge in [-0.3, -0.25) is 9.59 Å². The molecule has 1 heterocycles. The summed E-state index contributed by atoms with van der Waals surface area (Å²) in [6, 6.07) is 13.5. The maximum Gasteiger partial charge on any atom is 0.251 e. The molecule has 1 atom stereocenters. The van der Waals surface area contributed by atoms with Crippen LogP contribution < -0.4 is 15.4 Å². The van der Waals surface area contributed by atoms with E-state index in [0.29, 0.717) is 33.9 Å². The first kappa shape index (κ1) is 23.6. The summed E-state index contributed by atoms with van der Waals surface area (Å²) in [5, 5.41) is 15.1. The van der Waals surface area contributed by atoms with E-state index in [0.717, 1.165) is 5.75 Å². The summed E-state index contributed by atoms with van der Waals surface area (Å²) in [5.74, 6) is 1.08. The normalized spacial score (nSPS) is 11.6. The van der Waals surface area contributed by atoms with Gasteiger partial charge in [0.2, 0.25) is 5.91 Å². The Morgan fingerprint density at radius 3 is 2.62 bits per heavy atom. The fourth-order valence-electron chi connectivity index (χ4n) is 2.93. The molecular weight excluding hydrogens is 450 g/mol. The monoisotopic (exact) mass is 473 g/mol. The second-order valence-corrected chi connectivity index (χ2v) is 8.28. The number of aromatic nitrogens is 3. The van der Waals surface area contributed by atoms with Crippen molar-refractivity contribution in [2.75, 3.05) is 17.7 Å². The number of rotatable bonds is 9. The molecule has 168 valence electrons. The van der Waals surface area contributed by atoms with Crippen molar-refractivity contribution < 1.29 is 14.3 Å². The molecule has 0 saturated heterocycles.